The van der Waals surface area contributed by atoms with Crippen molar-refractivity contribution >= 4 is 0 Å². The summed E-state index contributed by atoms with van der Waals surface area (Å²) in [5.41, 5.74) is 7.76. The summed E-state index contributed by atoms with van der Waals surface area (Å²) in [6.07, 6.45) is 4.34. The molecule has 1 aromatic heterocycles. The Morgan fingerprint density at radius 3 is 2.44 bits per heavy atom. The van der Waals surface area contributed by atoms with Crippen LogP contribution in [0.15, 0.2) is 24.4 Å². The van der Waals surface area contributed by atoms with E-state index in [0.717, 1.165) is 18.8 Å². The van der Waals surface area contributed by atoms with Crippen LogP contribution in [0.1, 0.15) is 45.3 Å². The van der Waals surface area contributed by atoms with Gasteiger partial charge in [-0.15, -0.1) is 0 Å². The lowest BCUT2D eigenvalue weighted by Gasteiger charge is -2.42. The Kier molecular flexibility index (Phi) is 4.03. The summed E-state index contributed by atoms with van der Waals surface area (Å²) in [4.78, 5) is 6.99. The molecule has 0 saturated carbocycles. The van der Waals surface area contributed by atoms with Crippen molar-refractivity contribution in [3.63, 3.8) is 0 Å². The smallest absolute Gasteiger partial charge is 0.0670 e. The minimum Gasteiger partial charge on any atom is -0.326 e. The number of pyridine rings is 1. The van der Waals surface area contributed by atoms with Crippen LogP contribution in [0.3, 0.4) is 0 Å². The Bertz CT molecular complexity index is 363. The molecule has 100 valence electrons. The first-order valence-electron chi connectivity index (χ1n) is 6.90. The van der Waals surface area contributed by atoms with Gasteiger partial charge in [-0.1, -0.05) is 19.9 Å². The fourth-order valence-electron chi connectivity index (χ4n) is 2.75. The first kappa shape index (κ1) is 13.5. The lowest BCUT2D eigenvalue weighted by molar-refractivity contribution is 0.0823. The van der Waals surface area contributed by atoms with Crippen LogP contribution >= 0.6 is 0 Å². The maximum Gasteiger partial charge on any atom is 0.0670 e. The highest BCUT2D eigenvalue weighted by molar-refractivity contribution is 5.11. The van der Waals surface area contributed by atoms with Gasteiger partial charge in [0.1, 0.15) is 0 Å². The Balaban J connectivity index is 2.13. The van der Waals surface area contributed by atoms with Gasteiger partial charge in [0.05, 0.1) is 11.7 Å². The summed E-state index contributed by atoms with van der Waals surface area (Å²) in [5, 5.41) is 0. The Morgan fingerprint density at radius 2 is 1.94 bits per heavy atom. The summed E-state index contributed by atoms with van der Waals surface area (Å²) in [5.74, 6) is 0. The molecule has 2 heterocycles. The van der Waals surface area contributed by atoms with Gasteiger partial charge in [-0.3, -0.25) is 9.88 Å². The molecular formula is C15H25N3. The van der Waals surface area contributed by atoms with Crippen molar-refractivity contribution in [3.8, 4) is 0 Å². The van der Waals surface area contributed by atoms with Crippen LogP contribution in [0.4, 0.5) is 0 Å². The molecule has 0 amide bonds. The van der Waals surface area contributed by atoms with Crippen molar-refractivity contribution in [2.24, 2.45) is 11.1 Å². The molecule has 2 N–H and O–H groups in total. The second kappa shape index (κ2) is 5.37. The van der Waals surface area contributed by atoms with Crippen molar-refractivity contribution in [2.75, 3.05) is 13.1 Å². The molecule has 2 rings (SSSR count). The number of nitrogens with two attached hydrogens (primary N) is 1. The lowest BCUT2D eigenvalue weighted by atomic mass is 9.82. The highest BCUT2D eigenvalue weighted by atomic mass is 15.2. The van der Waals surface area contributed by atoms with E-state index in [1.54, 1.807) is 0 Å². The Morgan fingerprint density at radius 1 is 1.28 bits per heavy atom. The van der Waals surface area contributed by atoms with Gasteiger partial charge in [0, 0.05) is 12.2 Å². The maximum absolute atomic E-state index is 6.19. The number of hydrogen-bond acceptors (Lipinski definition) is 3. The van der Waals surface area contributed by atoms with E-state index in [1.807, 2.05) is 18.3 Å². The van der Waals surface area contributed by atoms with E-state index in [9.17, 15) is 0 Å². The minimum atomic E-state index is 0.112. The van der Waals surface area contributed by atoms with Crippen LogP contribution in [0, 0.1) is 5.41 Å². The van der Waals surface area contributed by atoms with Gasteiger partial charge >= 0.3 is 0 Å². The summed E-state index contributed by atoms with van der Waals surface area (Å²) in [6.45, 7) is 9.03. The molecule has 0 aromatic carbocycles. The molecule has 3 heteroatoms. The number of piperidine rings is 1. The minimum absolute atomic E-state index is 0.112. The zero-order valence-corrected chi connectivity index (χ0v) is 11.8. The molecule has 1 aromatic rings. The van der Waals surface area contributed by atoms with Gasteiger partial charge in [0.2, 0.25) is 0 Å². The van der Waals surface area contributed by atoms with Crippen LogP contribution in [0.2, 0.25) is 0 Å². The SMILES string of the molecule is CC(N)C(c1ccccn1)N1CCC(C)(C)CC1. The predicted molar refractivity (Wildman–Crippen MR) is 75.2 cm³/mol. The molecule has 2 atom stereocenters. The number of aromatic nitrogens is 1. The van der Waals surface area contributed by atoms with Crippen molar-refractivity contribution in [2.45, 2.75) is 45.7 Å². The van der Waals surface area contributed by atoms with Gasteiger partial charge in [0.25, 0.3) is 0 Å². The molecule has 1 saturated heterocycles. The molecule has 0 aliphatic carbocycles. The first-order chi connectivity index (χ1) is 8.49. The van der Waals surface area contributed by atoms with Gasteiger partial charge in [-0.05, 0) is 50.4 Å². The average Bonchev–Trinajstić information content (AvgIpc) is 2.33. The molecular weight excluding hydrogens is 222 g/mol. The summed E-state index contributed by atoms with van der Waals surface area (Å²) in [6, 6.07) is 6.46. The molecule has 1 fully saturated rings. The molecule has 3 nitrogen and oxygen atoms in total. The zero-order valence-electron chi connectivity index (χ0n) is 11.8. The number of hydrogen-bond donors (Lipinski definition) is 1. The highest BCUT2D eigenvalue weighted by Crippen LogP contribution is 2.34. The number of likely N-dealkylation sites (tertiary alicyclic amines) is 1. The third-order valence-electron chi connectivity index (χ3n) is 4.03. The third-order valence-corrected chi connectivity index (χ3v) is 4.03. The standard InChI is InChI=1S/C15H25N3/c1-12(16)14(13-6-4-5-9-17-13)18-10-7-15(2,3)8-11-18/h4-6,9,12,14H,7-8,10-11,16H2,1-3H3. The van der Waals surface area contributed by atoms with Crippen LogP contribution in [0.5, 0.6) is 0 Å². The van der Waals surface area contributed by atoms with E-state index in [1.165, 1.54) is 12.8 Å². The quantitative estimate of drug-likeness (QED) is 0.892. The van der Waals surface area contributed by atoms with Crippen molar-refractivity contribution < 1.29 is 0 Å². The fourth-order valence-corrected chi connectivity index (χ4v) is 2.75. The van der Waals surface area contributed by atoms with Crippen molar-refractivity contribution in [3.05, 3.63) is 30.1 Å². The highest BCUT2D eigenvalue weighted by Gasteiger charge is 2.32. The maximum atomic E-state index is 6.19. The van der Waals surface area contributed by atoms with Gasteiger partial charge in [0.15, 0.2) is 0 Å². The summed E-state index contributed by atoms with van der Waals surface area (Å²) < 4.78 is 0. The Hall–Kier alpha value is -0.930. The third kappa shape index (κ3) is 3.09. The van der Waals surface area contributed by atoms with E-state index in [4.69, 9.17) is 5.73 Å². The molecule has 0 radical (unpaired) electrons. The molecule has 18 heavy (non-hydrogen) atoms. The van der Waals surface area contributed by atoms with E-state index < -0.39 is 0 Å². The van der Waals surface area contributed by atoms with Crippen LogP contribution in [-0.4, -0.2) is 29.0 Å². The monoisotopic (exact) mass is 247 g/mol. The molecule has 2 unspecified atom stereocenters. The largest absolute Gasteiger partial charge is 0.326 e. The Labute approximate surface area is 110 Å². The van der Waals surface area contributed by atoms with Gasteiger partial charge in [-0.2, -0.15) is 0 Å². The predicted octanol–water partition coefficient (Wildman–Crippen LogP) is 2.59. The summed E-state index contributed by atoms with van der Waals surface area (Å²) >= 11 is 0. The lowest BCUT2D eigenvalue weighted by Crippen LogP contribution is -2.45. The fraction of sp³-hybridized carbons (Fsp3) is 0.667. The second-order valence-electron chi connectivity index (χ2n) is 6.26. The van der Waals surface area contributed by atoms with Crippen LogP contribution < -0.4 is 5.73 Å². The second-order valence-corrected chi connectivity index (χ2v) is 6.26. The van der Waals surface area contributed by atoms with Crippen molar-refractivity contribution in [1.29, 1.82) is 0 Å². The summed E-state index contributed by atoms with van der Waals surface area (Å²) in [7, 11) is 0. The van der Waals surface area contributed by atoms with Gasteiger partial charge in [-0.25, -0.2) is 0 Å². The van der Waals surface area contributed by atoms with Crippen molar-refractivity contribution in [1.82, 2.24) is 9.88 Å². The van der Waals surface area contributed by atoms with E-state index >= 15 is 0 Å². The van der Waals surface area contributed by atoms with E-state index in [0.29, 0.717) is 5.41 Å². The van der Waals surface area contributed by atoms with Crippen LogP contribution in [-0.2, 0) is 0 Å². The molecule has 0 spiro atoms. The van der Waals surface area contributed by atoms with E-state index in [2.05, 4.69) is 36.7 Å². The molecule has 0 bridgehead atoms. The topological polar surface area (TPSA) is 42.1 Å². The van der Waals surface area contributed by atoms with Gasteiger partial charge < -0.3 is 5.73 Å². The number of nitrogens with zero attached hydrogens (tertiary/aromatic N) is 2. The molecule has 1 aliphatic heterocycles. The van der Waals surface area contributed by atoms with Crippen LogP contribution in [0.25, 0.3) is 0 Å². The number of rotatable bonds is 3. The zero-order chi connectivity index (χ0) is 13.2. The first-order valence-corrected chi connectivity index (χ1v) is 6.90. The van der Waals surface area contributed by atoms with E-state index in [-0.39, 0.29) is 12.1 Å². The average molecular weight is 247 g/mol. The normalized spacial score (nSPS) is 23.6. The molecule has 1 aliphatic rings.